The first-order valence-electron chi connectivity index (χ1n) is 10.1. The van der Waals surface area contributed by atoms with E-state index < -0.39 is 10.8 Å². The lowest BCUT2D eigenvalue weighted by molar-refractivity contribution is -0.384. The summed E-state index contributed by atoms with van der Waals surface area (Å²) in [7, 11) is 3.31. The number of carbonyl (C=O) groups is 2. The van der Waals surface area contributed by atoms with Crippen molar-refractivity contribution in [3.8, 4) is 0 Å². The van der Waals surface area contributed by atoms with Gasteiger partial charge in [-0.1, -0.05) is 19.1 Å². The molecule has 1 N–H and O–H groups in total. The van der Waals surface area contributed by atoms with Gasteiger partial charge in [-0.2, -0.15) is 0 Å². The molecule has 3 rings (SSSR count). The van der Waals surface area contributed by atoms with Gasteiger partial charge >= 0.3 is 0 Å². The molecule has 1 aliphatic heterocycles. The maximum Gasteiger partial charge on any atom is 0.293 e. The Balaban J connectivity index is 1.82. The first-order chi connectivity index (χ1) is 14.8. The fraction of sp³-hybridized carbons (Fsp3) is 0.364. The fourth-order valence-corrected chi connectivity index (χ4v) is 4.11. The van der Waals surface area contributed by atoms with Crippen molar-refractivity contribution in [1.29, 1.82) is 0 Å². The van der Waals surface area contributed by atoms with Crippen LogP contribution in [0, 0.1) is 16.0 Å². The largest absolute Gasteiger partial charge is 0.366 e. The number of benzene rings is 2. The number of nitrogens with zero attached hydrogens (tertiary/aromatic N) is 3. The summed E-state index contributed by atoms with van der Waals surface area (Å²) >= 11 is 1.00. The van der Waals surface area contributed by atoms with Crippen LogP contribution in [-0.2, 0) is 0 Å². The third kappa shape index (κ3) is 5.55. The summed E-state index contributed by atoms with van der Waals surface area (Å²) in [6.07, 6.45) is 1.97. The molecule has 2 amide bonds. The van der Waals surface area contributed by atoms with Gasteiger partial charge in [0.2, 0.25) is 0 Å². The highest BCUT2D eigenvalue weighted by atomic mass is 32.2. The summed E-state index contributed by atoms with van der Waals surface area (Å²) < 4.78 is 0. The molecule has 2 aromatic carbocycles. The molecule has 1 saturated heterocycles. The van der Waals surface area contributed by atoms with Crippen LogP contribution in [0.4, 0.5) is 21.9 Å². The Hall–Kier alpha value is -3.07. The van der Waals surface area contributed by atoms with E-state index in [0.29, 0.717) is 22.2 Å². The van der Waals surface area contributed by atoms with Crippen molar-refractivity contribution >= 4 is 40.0 Å². The number of nitro groups is 1. The van der Waals surface area contributed by atoms with Crippen LogP contribution in [0.2, 0.25) is 0 Å². The molecule has 1 heterocycles. The van der Waals surface area contributed by atoms with Gasteiger partial charge in [0.15, 0.2) is 0 Å². The Bertz CT molecular complexity index is 987. The van der Waals surface area contributed by atoms with Crippen LogP contribution in [0.15, 0.2) is 47.4 Å². The first-order valence-corrected chi connectivity index (χ1v) is 10.9. The summed E-state index contributed by atoms with van der Waals surface area (Å²) in [6, 6.07) is 11.5. The Morgan fingerprint density at radius 2 is 1.84 bits per heavy atom. The topological polar surface area (TPSA) is 95.8 Å². The molecule has 0 radical (unpaired) electrons. The van der Waals surface area contributed by atoms with Gasteiger partial charge in [-0.3, -0.25) is 19.7 Å². The maximum absolute atomic E-state index is 12.8. The van der Waals surface area contributed by atoms with E-state index >= 15 is 0 Å². The number of hydrogen-bond donors (Lipinski definition) is 1. The Labute approximate surface area is 185 Å². The van der Waals surface area contributed by atoms with Gasteiger partial charge < -0.3 is 15.1 Å². The lowest BCUT2D eigenvalue weighted by Crippen LogP contribution is -2.33. The highest BCUT2D eigenvalue weighted by Gasteiger charge is 2.25. The van der Waals surface area contributed by atoms with Crippen molar-refractivity contribution in [1.82, 2.24) is 4.90 Å². The number of nitrogens with one attached hydrogen (secondary N) is 1. The maximum atomic E-state index is 12.8. The molecule has 0 bridgehead atoms. The molecule has 0 atom stereocenters. The minimum atomic E-state index is -0.465. The third-order valence-electron chi connectivity index (χ3n) is 5.26. The second-order valence-electron chi connectivity index (χ2n) is 7.84. The van der Waals surface area contributed by atoms with Crippen molar-refractivity contribution in [3.63, 3.8) is 0 Å². The number of hydrogen-bond acceptors (Lipinski definition) is 6. The molecule has 0 spiro atoms. The van der Waals surface area contributed by atoms with Crippen molar-refractivity contribution in [2.24, 2.45) is 5.92 Å². The molecule has 2 aromatic rings. The minimum Gasteiger partial charge on any atom is -0.366 e. The van der Waals surface area contributed by atoms with E-state index in [0.717, 1.165) is 37.7 Å². The molecular formula is C22H26N4O4S. The van der Waals surface area contributed by atoms with Gasteiger partial charge in [0, 0.05) is 43.7 Å². The van der Waals surface area contributed by atoms with Crippen molar-refractivity contribution in [2.45, 2.75) is 24.7 Å². The first kappa shape index (κ1) is 22.6. The quantitative estimate of drug-likeness (QED) is 0.404. The van der Waals surface area contributed by atoms with Gasteiger partial charge in [0.25, 0.3) is 16.8 Å². The number of thioether (sulfide) groups is 1. The molecule has 164 valence electrons. The van der Waals surface area contributed by atoms with E-state index in [1.165, 1.54) is 11.0 Å². The molecule has 9 heteroatoms. The van der Waals surface area contributed by atoms with Gasteiger partial charge in [0.1, 0.15) is 5.69 Å². The Morgan fingerprint density at radius 1 is 1.16 bits per heavy atom. The summed E-state index contributed by atoms with van der Waals surface area (Å²) in [5.74, 6) is 0.143. The molecular weight excluding hydrogens is 416 g/mol. The molecule has 8 nitrogen and oxygen atoms in total. The molecule has 0 aliphatic carbocycles. The van der Waals surface area contributed by atoms with Gasteiger partial charge in [-0.05, 0) is 54.8 Å². The predicted octanol–water partition coefficient (Wildman–Crippen LogP) is 4.86. The Morgan fingerprint density at radius 3 is 2.48 bits per heavy atom. The predicted molar refractivity (Wildman–Crippen MR) is 123 cm³/mol. The zero-order chi connectivity index (χ0) is 22.5. The van der Waals surface area contributed by atoms with E-state index in [2.05, 4.69) is 12.2 Å². The zero-order valence-electron chi connectivity index (χ0n) is 17.8. The smallest absolute Gasteiger partial charge is 0.293 e. The second kappa shape index (κ2) is 9.82. The number of amides is 2. The zero-order valence-corrected chi connectivity index (χ0v) is 18.6. The van der Waals surface area contributed by atoms with Crippen LogP contribution >= 0.6 is 11.8 Å². The van der Waals surface area contributed by atoms with E-state index in [-0.39, 0.29) is 16.5 Å². The van der Waals surface area contributed by atoms with Gasteiger partial charge in [0.05, 0.1) is 10.6 Å². The highest BCUT2D eigenvalue weighted by molar-refractivity contribution is 8.13. The van der Waals surface area contributed by atoms with E-state index in [9.17, 15) is 19.7 Å². The number of piperidine rings is 1. The molecule has 31 heavy (non-hydrogen) atoms. The number of anilines is 2. The molecule has 0 unspecified atom stereocenters. The third-order valence-corrected chi connectivity index (χ3v) is 6.37. The Kier molecular flexibility index (Phi) is 7.17. The molecule has 0 aromatic heterocycles. The standard InChI is InChI=1S/C22H26N4O4S/c1-15-10-12-25(13-11-15)18-9-8-16(14-19(18)26(29)30)21(27)23-17-6-4-5-7-20(17)31-22(28)24(2)3/h4-9,14-15H,10-13H2,1-3H3,(H,23,27). The average Bonchev–Trinajstić information content (AvgIpc) is 2.75. The lowest BCUT2D eigenvalue weighted by Gasteiger charge is -2.31. The molecule has 1 aliphatic rings. The lowest BCUT2D eigenvalue weighted by atomic mass is 9.98. The summed E-state index contributed by atoms with van der Waals surface area (Å²) in [5.41, 5.74) is 1.14. The number of nitro benzene ring substituents is 1. The minimum absolute atomic E-state index is 0.0763. The summed E-state index contributed by atoms with van der Waals surface area (Å²) in [5, 5.41) is 14.3. The molecule has 0 saturated carbocycles. The van der Waals surface area contributed by atoms with Crippen LogP contribution in [0.25, 0.3) is 0 Å². The van der Waals surface area contributed by atoms with Crippen molar-refractivity contribution in [3.05, 3.63) is 58.1 Å². The van der Waals surface area contributed by atoms with E-state index in [1.54, 1.807) is 50.5 Å². The van der Waals surface area contributed by atoms with Crippen LogP contribution in [0.1, 0.15) is 30.1 Å². The van der Waals surface area contributed by atoms with Crippen LogP contribution in [0.5, 0.6) is 0 Å². The molecule has 1 fully saturated rings. The van der Waals surface area contributed by atoms with Crippen molar-refractivity contribution < 1.29 is 14.5 Å². The van der Waals surface area contributed by atoms with Gasteiger partial charge in [-0.25, -0.2) is 0 Å². The summed E-state index contributed by atoms with van der Waals surface area (Å²) in [6.45, 7) is 3.71. The average molecular weight is 443 g/mol. The van der Waals surface area contributed by atoms with Crippen LogP contribution < -0.4 is 10.2 Å². The van der Waals surface area contributed by atoms with Crippen LogP contribution in [0.3, 0.4) is 0 Å². The van der Waals surface area contributed by atoms with Gasteiger partial charge in [-0.15, -0.1) is 0 Å². The van der Waals surface area contributed by atoms with E-state index in [1.807, 2.05) is 4.90 Å². The normalized spacial score (nSPS) is 14.2. The monoisotopic (exact) mass is 442 g/mol. The number of para-hydroxylation sites is 1. The number of carbonyl (C=O) groups excluding carboxylic acids is 2. The van der Waals surface area contributed by atoms with Crippen molar-refractivity contribution in [2.75, 3.05) is 37.4 Å². The van der Waals surface area contributed by atoms with E-state index in [4.69, 9.17) is 0 Å². The van der Waals surface area contributed by atoms with Crippen LogP contribution in [-0.4, -0.2) is 48.2 Å². The second-order valence-corrected chi connectivity index (χ2v) is 8.84. The summed E-state index contributed by atoms with van der Waals surface area (Å²) in [4.78, 5) is 40.2. The highest BCUT2D eigenvalue weighted by Crippen LogP contribution is 2.33. The fourth-order valence-electron chi connectivity index (χ4n) is 3.37. The number of rotatable bonds is 5. The SMILES string of the molecule is CC1CCN(c2ccc(C(=O)Nc3ccccc3SC(=O)N(C)C)cc2[N+](=O)[O-])CC1.